The van der Waals surface area contributed by atoms with E-state index in [1.54, 1.807) is 17.7 Å². The van der Waals surface area contributed by atoms with Gasteiger partial charge in [0.15, 0.2) is 0 Å². The van der Waals surface area contributed by atoms with Gasteiger partial charge in [0.25, 0.3) is 0 Å². The first-order valence-corrected chi connectivity index (χ1v) is 7.37. The SMILES string of the molecule is Cc1ccc(CN2Cc3ncn(C)c3[C@@H](C(=O)O)C2)s1. The van der Waals surface area contributed by atoms with Crippen LogP contribution < -0.4 is 0 Å². The first-order valence-electron chi connectivity index (χ1n) is 6.55. The molecule has 0 spiro atoms. The smallest absolute Gasteiger partial charge is 0.313 e. The first-order chi connectivity index (χ1) is 9.54. The second kappa shape index (κ2) is 5.03. The lowest BCUT2D eigenvalue weighted by molar-refractivity contribution is -0.139. The highest BCUT2D eigenvalue weighted by molar-refractivity contribution is 7.11. The molecule has 0 saturated heterocycles. The summed E-state index contributed by atoms with van der Waals surface area (Å²) in [4.78, 5) is 20.6. The van der Waals surface area contributed by atoms with Gasteiger partial charge in [0.2, 0.25) is 0 Å². The van der Waals surface area contributed by atoms with Gasteiger partial charge in [-0.25, -0.2) is 4.98 Å². The van der Waals surface area contributed by atoms with Gasteiger partial charge in [0.1, 0.15) is 5.92 Å². The highest BCUT2D eigenvalue weighted by Gasteiger charge is 2.33. The maximum atomic E-state index is 11.5. The van der Waals surface area contributed by atoms with Gasteiger partial charge >= 0.3 is 5.97 Å². The summed E-state index contributed by atoms with van der Waals surface area (Å²) in [6.45, 7) is 4.13. The fourth-order valence-electron chi connectivity index (χ4n) is 2.78. The Labute approximate surface area is 121 Å². The standard InChI is InChI=1S/C14H17N3O2S/c1-9-3-4-10(20-9)5-17-6-11(14(18)19)13-12(7-17)15-8-16(13)2/h3-4,8,11H,5-7H2,1-2H3,(H,18,19)/t11-/m0/s1. The molecule has 0 unspecified atom stereocenters. The highest BCUT2D eigenvalue weighted by atomic mass is 32.1. The lowest BCUT2D eigenvalue weighted by atomic mass is 9.98. The first kappa shape index (κ1) is 13.3. The molecule has 2 aromatic heterocycles. The summed E-state index contributed by atoms with van der Waals surface area (Å²) in [5, 5.41) is 9.45. The molecule has 6 heteroatoms. The minimum atomic E-state index is -0.776. The number of aliphatic carboxylic acids is 1. The van der Waals surface area contributed by atoms with Crippen LogP contribution in [-0.4, -0.2) is 32.1 Å². The lowest BCUT2D eigenvalue weighted by Gasteiger charge is -2.30. The third-order valence-corrected chi connectivity index (χ3v) is 4.67. The zero-order chi connectivity index (χ0) is 14.3. The van der Waals surface area contributed by atoms with Crippen LogP contribution in [0.5, 0.6) is 0 Å². The van der Waals surface area contributed by atoms with Crippen LogP contribution in [0.4, 0.5) is 0 Å². The van der Waals surface area contributed by atoms with Crippen molar-refractivity contribution in [3.05, 3.63) is 39.6 Å². The van der Waals surface area contributed by atoms with E-state index in [-0.39, 0.29) is 0 Å². The predicted octanol–water partition coefficient (Wildman–Crippen LogP) is 1.97. The Morgan fingerprint density at radius 1 is 1.55 bits per heavy atom. The van der Waals surface area contributed by atoms with E-state index in [0.29, 0.717) is 6.54 Å². The Bertz CT molecular complexity index is 647. The fraction of sp³-hybridized carbons (Fsp3) is 0.429. The second-order valence-electron chi connectivity index (χ2n) is 5.26. The number of carboxylic acids is 1. The molecular weight excluding hydrogens is 274 g/mol. The van der Waals surface area contributed by atoms with Crippen molar-refractivity contribution in [1.82, 2.24) is 14.5 Å². The van der Waals surface area contributed by atoms with E-state index in [4.69, 9.17) is 0 Å². The van der Waals surface area contributed by atoms with Crippen molar-refractivity contribution in [3.8, 4) is 0 Å². The minimum Gasteiger partial charge on any atom is -0.481 e. The predicted molar refractivity (Wildman–Crippen MR) is 76.8 cm³/mol. The number of carbonyl (C=O) groups is 1. The van der Waals surface area contributed by atoms with Gasteiger partial charge in [-0.2, -0.15) is 0 Å². The van der Waals surface area contributed by atoms with Crippen molar-refractivity contribution < 1.29 is 9.90 Å². The molecule has 1 aliphatic heterocycles. The van der Waals surface area contributed by atoms with Gasteiger partial charge in [0, 0.05) is 36.4 Å². The molecule has 0 amide bonds. The van der Waals surface area contributed by atoms with E-state index in [1.807, 2.05) is 11.6 Å². The third kappa shape index (κ3) is 2.36. The van der Waals surface area contributed by atoms with Crippen LogP contribution >= 0.6 is 11.3 Å². The van der Waals surface area contributed by atoms with Gasteiger partial charge in [0.05, 0.1) is 17.7 Å². The van der Waals surface area contributed by atoms with Crippen molar-refractivity contribution in [1.29, 1.82) is 0 Å². The number of fused-ring (bicyclic) bond motifs is 1. The number of imidazole rings is 1. The van der Waals surface area contributed by atoms with Gasteiger partial charge in [-0.05, 0) is 19.1 Å². The zero-order valence-electron chi connectivity index (χ0n) is 11.5. The monoisotopic (exact) mass is 291 g/mol. The van der Waals surface area contributed by atoms with Gasteiger partial charge in [-0.15, -0.1) is 11.3 Å². The molecule has 0 aliphatic carbocycles. The molecule has 20 heavy (non-hydrogen) atoms. The number of aryl methyl sites for hydroxylation is 2. The largest absolute Gasteiger partial charge is 0.481 e. The molecular formula is C14H17N3O2S. The Hall–Kier alpha value is -1.66. The number of nitrogens with zero attached hydrogens (tertiary/aromatic N) is 3. The fourth-order valence-corrected chi connectivity index (χ4v) is 3.72. The van der Waals surface area contributed by atoms with E-state index in [0.717, 1.165) is 24.5 Å². The van der Waals surface area contributed by atoms with Crippen LogP contribution in [-0.2, 0) is 24.9 Å². The van der Waals surface area contributed by atoms with Crippen molar-refractivity contribution in [2.45, 2.75) is 25.9 Å². The Morgan fingerprint density at radius 3 is 3.00 bits per heavy atom. The maximum absolute atomic E-state index is 11.5. The summed E-state index contributed by atoms with van der Waals surface area (Å²) in [7, 11) is 1.86. The lowest BCUT2D eigenvalue weighted by Crippen LogP contribution is -2.37. The topological polar surface area (TPSA) is 58.4 Å². The molecule has 106 valence electrons. The van der Waals surface area contributed by atoms with Crippen LogP contribution in [0.3, 0.4) is 0 Å². The second-order valence-corrected chi connectivity index (χ2v) is 6.63. The molecule has 0 aromatic carbocycles. The summed E-state index contributed by atoms with van der Waals surface area (Å²) in [6.07, 6.45) is 1.71. The van der Waals surface area contributed by atoms with Gasteiger partial charge in [-0.1, -0.05) is 0 Å². The normalized spacial score (nSPS) is 19.0. The van der Waals surface area contributed by atoms with Crippen LogP contribution in [0.25, 0.3) is 0 Å². The highest BCUT2D eigenvalue weighted by Crippen LogP contribution is 2.29. The number of thiophene rings is 1. The maximum Gasteiger partial charge on any atom is 0.313 e. The molecule has 0 bridgehead atoms. The van der Waals surface area contributed by atoms with E-state index in [9.17, 15) is 9.90 Å². The molecule has 2 aromatic rings. The summed E-state index contributed by atoms with van der Waals surface area (Å²) in [5.41, 5.74) is 1.73. The van der Waals surface area contributed by atoms with Crippen LogP contribution in [0.15, 0.2) is 18.5 Å². The van der Waals surface area contributed by atoms with Crippen LogP contribution in [0.1, 0.15) is 27.1 Å². The minimum absolute atomic E-state index is 0.493. The van der Waals surface area contributed by atoms with Crippen molar-refractivity contribution in [2.75, 3.05) is 6.54 Å². The summed E-state index contributed by atoms with van der Waals surface area (Å²) in [5.74, 6) is -1.27. The summed E-state index contributed by atoms with van der Waals surface area (Å²) < 4.78 is 1.83. The third-order valence-electron chi connectivity index (χ3n) is 3.68. The molecule has 5 nitrogen and oxygen atoms in total. The zero-order valence-corrected chi connectivity index (χ0v) is 12.4. The number of carboxylic acid groups (broad SMARTS) is 1. The molecule has 3 heterocycles. The molecule has 1 atom stereocenters. The number of rotatable bonds is 3. The molecule has 3 rings (SSSR count). The molecule has 1 aliphatic rings. The number of hydrogen-bond acceptors (Lipinski definition) is 4. The molecule has 0 radical (unpaired) electrons. The van der Waals surface area contributed by atoms with E-state index in [2.05, 4.69) is 28.9 Å². The van der Waals surface area contributed by atoms with Gasteiger partial charge in [-0.3, -0.25) is 9.69 Å². The number of hydrogen-bond donors (Lipinski definition) is 1. The Morgan fingerprint density at radius 2 is 2.35 bits per heavy atom. The summed E-state index contributed by atoms with van der Waals surface area (Å²) >= 11 is 1.76. The molecule has 0 fully saturated rings. The number of aromatic nitrogens is 2. The van der Waals surface area contributed by atoms with Crippen LogP contribution in [0, 0.1) is 6.92 Å². The van der Waals surface area contributed by atoms with E-state index >= 15 is 0 Å². The Kier molecular flexibility index (Phi) is 3.35. The average molecular weight is 291 g/mol. The molecule has 0 saturated carbocycles. The molecule has 1 N–H and O–H groups in total. The van der Waals surface area contributed by atoms with Gasteiger partial charge < -0.3 is 9.67 Å². The Balaban J connectivity index is 1.85. The van der Waals surface area contributed by atoms with Crippen molar-refractivity contribution in [3.63, 3.8) is 0 Å². The van der Waals surface area contributed by atoms with E-state index in [1.165, 1.54) is 9.75 Å². The van der Waals surface area contributed by atoms with E-state index < -0.39 is 11.9 Å². The van der Waals surface area contributed by atoms with Crippen molar-refractivity contribution in [2.24, 2.45) is 7.05 Å². The quantitative estimate of drug-likeness (QED) is 0.939. The average Bonchev–Trinajstić information content (AvgIpc) is 2.96. The van der Waals surface area contributed by atoms with Crippen LogP contribution in [0.2, 0.25) is 0 Å². The summed E-state index contributed by atoms with van der Waals surface area (Å²) in [6, 6.07) is 4.22. The van der Waals surface area contributed by atoms with Crippen molar-refractivity contribution >= 4 is 17.3 Å².